The summed E-state index contributed by atoms with van der Waals surface area (Å²) in [4.78, 5) is 25.1. The summed E-state index contributed by atoms with van der Waals surface area (Å²) in [6, 6.07) is 0. The Morgan fingerprint density at radius 2 is 0.865 bits per heavy atom. The summed E-state index contributed by atoms with van der Waals surface area (Å²) in [7, 11) is 0. The van der Waals surface area contributed by atoms with Gasteiger partial charge in [0.05, 0.1) is 6.61 Å². The summed E-state index contributed by atoms with van der Waals surface area (Å²) in [5.41, 5.74) is 0. The first-order chi connectivity index (χ1) is 25.6. The van der Waals surface area contributed by atoms with Gasteiger partial charge in [-0.25, -0.2) is 0 Å². The summed E-state index contributed by atoms with van der Waals surface area (Å²) in [5, 5.41) is 0. The third-order valence-corrected chi connectivity index (χ3v) is 9.35. The number of allylic oxidation sites excluding steroid dienone is 8. The molecule has 302 valence electrons. The molecule has 1 unspecified atom stereocenters. The second-order valence-electron chi connectivity index (χ2n) is 14.6. The van der Waals surface area contributed by atoms with Crippen LogP contribution in [0.5, 0.6) is 0 Å². The number of rotatable bonds is 40. The molecule has 0 aliphatic rings. The smallest absolute Gasteiger partial charge is 0.306 e. The topological polar surface area (TPSA) is 61.8 Å². The largest absolute Gasteiger partial charge is 0.462 e. The first-order valence-corrected chi connectivity index (χ1v) is 22.2. The van der Waals surface area contributed by atoms with Crippen LogP contribution in [0.15, 0.2) is 48.6 Å². The van der Waals surface area contributed by atoms with Crippen molar-refractivity contribution in [3.8, 4) is 0 Å². The lowest BCUT2D eigenvalue weighted by atomic mass is 10.1. The zero-order valence-corrected chi connectivity index (χ0v) is 34.6. The third kappa shape index (κ3) is 40.6. The molecule has 5 nitrogen and oxygen atoms in total. The predicted molar refractivity (Wildman–Crippen MR) is 224 cm³/mol. The molecule has 0 saturated carbocycles. The van der Waals surface area contributed by atoms with E-state index in [1.807, 2.05) is 0 Å². The molecule has 0 aromatic heterocycles. The third-order valence-electron chi connectivity index (χ3n) is 9.35. The van der Waals surface area contributed by atoms with E-state index in [0.717, 1.165) is 77.0 Å². The molecule has 0 aliphatic carbocycles. The minimum Gasteiger partial charge on any atom is -0.462 e. The number of carbonyl (C=O) groups is 2. The van der Waals surface area contributed by atoms with Crippen LogP contribution >= 0.6 is 0 Å². The van der Waals surface area contributed by atoms with Gasteiger partial charge in [-0.2, -0.15) is 0 Å². The molecule has 1 atom stereocenters. The fourth-order valence-corrected chi connectivity index (χ4v) is 6.05. The Balaban J connectivity index is 4.19. The van der Waals surface area contributed by atoms with Crippen molar-refractivity contribution in [3.63, 3.8) is 0 Å². The van der Waals surface area contributed by atoms with Gasteiger partial charge in [0.25, 0.3) is 0 Å². The number of ether oxygens (including phenoxy) is 3. The van der Waals surface area contributed by atoms with E-state index in [1.54, 1.807) is 0 Å². The molecule has 0 rings (SSSR count). The standard InChI is InChI=1S/C47H84O5/c1-4-7-10-13-16-18-20-22-23-24-26-28-30-33-36-39-42-50-43-45(52-47(49)41-38-35-31-15-12-9-6-3)44-51-46(48)40-37-34-32-29-27-25-21-19-17-14-11-8-5-2/h7,10,16,18-19,21-23,45H,4-6,8-9,11-15,17,20,24-44H2,1-3H3/b10-7-,18-16-,21-19-,23-22-. The van der Waals surface area contributed by atoms with Crippen LogP contribution in [0.25, 0.3) is 0 Å². The Kier molecular flexibility index (Phi) is 41.5. The Bertz CT molecular complexity index is 873. The minimum absolute atomic E-state index is 0.0768. The molecule has 0 heterocycles. The average molecular weight is 729 g/mol. The van der Waals surface area contributed by atoms with E-state index < -0.39 is 6.10 Å². The predicted octanol–water partition coefficient (Wildman–Crippen LogP) is 14.4. The molecule has 0 aromatic carbocycles. The van der Waals surface area contributed by atoms with Crippen LogP contribution in [0.1, 0.15) is 213 Å². The summed E-state index contributed by atoms with van der Waals surface area (Å²) in [6.07, 6.45) is 51.1. The normalized spacial score (nSPS) is 12.6. The van der Waals surface area contributed by atoms with E-state index >= 15 is 0 Å². The lowest BCUT2D eigenvalue weighted by Crippen LogP contribution is -2.30. The van der Waals surface area contributed by atoms with Crippen LogP contribution in [0.3, 0.4) is 0 Å². The van der Waals surface area contributed by atoms with Crippen molar-refractivity contribution in [3.05, 3.63) is 48.6 Å². The Labute approximate surface area is 322 Å². The molecule has 0 aromatic rings. The van der Waals surface area contributed by atoms with E-state index in [4.69, 9.17) is 14.2 Å². The fraction of sp³-hybridized carbons (Fsp3) is 0.787. The molecule has 5 heteroatoms. The summed E-state index contributed by atoms with van der Waals surface area (Å²) >= 11 is 0. The first-order valence-electron chi connectivity index (χ1n) is 22.2. The van der Waals surface area contributed by atoms with E-state index in [2.05, 4.69) is 69.4 Å². The van der Waals surface area contributed by atoms with Crippen LogP contribution in [-0.4, -0.2) is 37.9 Å². The molecule has 0 aliphatic heterocycles. The van der Waals surface area contributed by atoms with Crippen molar-refractivity contribution in [2.45, 2.75) is 219 Å². The molecule has 0 amide bonds. The van der Waals surface area contributed by atoms with Gasteiger partial charge in [0.2, 0.25) is 0 Å². The Morgan fingerprint density at radius 1 is 0.442 bits per heavy atom. The molecule has 0 saturated heterocycles. The highest BCUT2D eigenvalue weighted by atomic mass is 16.6. The number of unbranched alkanes of at least 4 members (excludes halogenated alkanes) is 21. The van der Waals surface area contributed by atoms with Gasteiger partial charge in [0.15, 0.2) is 6.10 Å². The van der Waals surface area contributed by atoms with Crippen LogP contribution in [-0.2, 0) is 23.8 Å². The van der Waals surface area contributed by atoms with Gasteiger partial charge in [-0.3, -0.25) is 9.59 Å². The second-order valence-corrected chi connectivity index (χ2v) is 14.6. The van der Waals surface area contributed by atoms with Gasteiger partial charge in [0, 0.05) is 19.4 Å². The van der Waals surface area contributed by atoms with E-state index in [1.165, 1.54) is 103 Å². The summed E-state index contributed by atoms with van der Waals surface area (Å²) < 4.78 is 17.2. The van der Waals surface area contributed by atoms with Crippen molar-refractivity contribution in [1.29, 1.82) is 0 Å². The lowest BCUT2D eigenvalue weighted by Gasteiger charge is -2.18. The van der Waals surface area contributed by atoms with E-state index in [9.17, 15) is 9.59 Å². The van der Waals surface area contributed by atoms with Gasteiger partial charge >= 0.3 is 11.9 Å². The second kappa shape index (κ2) is 43.3. The minimum atomic E-state index is -0.540. The maximum atomic E-state index is 12.6. The molecular weight excluding hydrogens is 645 g/mol. The first kappa shape index (κ1) is 49.9. The number of carbonyl (C=O) groups excluding carboxylic acids is 2. The van der Waals surface area contributed by atoms with Crippen LogP contribution in [0.2, 0.25) is 0 Å². The Hall–Kier alpha value is -2.14. The molecule has 0 bridgehead atoms. The zero-order valence-electron chi connectivity index (χ0n) is 34.6. The summed E-state index contributed by atoms with van der Waals surface area (Å²) in [6.45, 7) is 7.63. The quantitative estimate of drug-likeness (QED) is 0.0357. The number of hydrogen-bond acceptors (Lipinski definition) is 5. The maximum absolute atomic E-state index is 12.6. The van der Waals surface area contributed by atoms with Crippen molar-refractivity contribution in [2.24, 2.45) is 0 Å². The fourth-order valence-electron chi connectivity index (χ4n) is 6.05. The van der Waals surface area contributed by atoms with E-state index in [0.29, 0.717) is 19.4 Å². The SMILES string of the molecule is CC/C=C\C/C=C\C/C=C\CCCCCCCCOCC(COC(=O)CCCCCCC/C=C\CCCCCC)OC(=O)CCCCCCCCC. The molecule has 0 radical (unpaired) electrons. The van der Waals surface area contributed by atoms with Crippen molar-refractivity contribution >= 4 is 11.9 Å². The van der Waals surface area contributed by atoms with Gasteiger partial charge in [-0.05, 0) is 77.0 Å². The number of esters is 2. The highest BCUT2D eigenvalue weighted by molar-refractivity contribution is 5.70. The zero-order chi connectivity index (χ0) is 37.8. The van der Waals surface area contributed by atoms with Gasteiger partial charge in [-0.15, -0.1) is 0 Å². The lowest BCUT2D eigenvalue weighted by molar-refractivity contribution is -0.163. The average Bonchev–Trinajstić information content (AvgIpc) is 3.14. The molecule has 52 heavy (non-hydrogen) atoms. The van der Waals surface area contributed by atoms with Crippen molar-refractivity contribution in [1.82, 2.24) is 0 Å². The number of hydrogen-bond donors (Lipinski definition) is 0. The van der Waals surface area contributed by atoms with Crippen LogP contribution in [0.4, 0.5) is 0 Å². The molecule has 0 spiro atoms. The van der Waals surface area contributed by atoms with Crippen molar-refractivity contribution < 1.29 is 23.8 Å². The van der Waals surface area contributed by atoms with Crippen LogP contribution in [0, 0.1) is 0 Å². The van der Waals surface area contributed by atoms with E-state index in [-0.39, 0.29) is 25.2 Å². The van der Waals surface area contributed by atoms with Gasteiger partial charge in [0.1, 0.15) is 6.61 Å². The molecule has 0 N–H and O–H groups in total. The van der Waals surface area contributed by atoms with Gasteiger partial charge in [-0.1, -0.05) is 172 Å². The molecular formula is C47H84O5. The van der Waals surface area contributed by atoms with Gasteiger partial charge < -0.3 is 14.2 Å². The monoisotopic (exact) mass is 729 g/mol. The highest BCUT2D eigenvalue weighted by Gasteiger charge is 2.17. The maximum Gasteiger partial charge on any atom is 0.306 e. The van der Waals surface area contributed by atoms with Crippen LogP contribution < -0.4 is 0 Å². The molecule has 0 fully saturated rings. The summed E-state index contributed by atoms with van der Waals surface area (Å²) in [5.74, 6) is -0.419. The highest BCUT2D eigenvalue weighted by Crippen LogP contribution is 2.13. The van der Waals surface area contributed by atoms with Crippen molar-refractivity contribution in [2.75, 3.05) is 19.8 Å². The Morgan fingerprint density at radius 3 is 1.42 bits per heavy atom.